The zero-order valence-corrected chi connectivity index (χ0v) is 20.5. The second kappa shape index (κ2) is 12.0. The van der Waals surface area contributed by atoms with Crippen molar-refractivity contribution >= 4 is 17.6 Å². The fraction of sp³-hybridized carbons (Fsp3) is 0.300. The highest BCUT2D eigenvalue weighted by Gasteiger charge is 2.40. The summed E-state index contributed by atoms with van der Waals surface area (Å²) in [6.07, 6.45) is 2.54. The number of likely N-dealkylation sites (tertiary alicyclic amines) is 1. The van der Waals surface area contributed by atoms with Crippen molar-refractivity contribution in [3.8, 4) is 17.2 Å². The van der Waals surface area contributed by atoms with E-state index in [1.54, 1.807) is 0 Å². The van der Waals surface area contributed by atoms with Crippen molar-refractivity contribution < 1.29 is 14.3 Å². The van der Waals surface area contributed by atoms with Gasteiger partial charge >= 0.3 is 5.97 Å². The van der Waals surface area contributed by atoms with Crippen molar-refractivity contribution in [2.24, 2.45) is 5.92 Å². The molecule has 6 nitrogen and oxygen atoms in total. The van der Waals surface area contributed by atoms with E-state index in [1.807, 2.05) is 71.6 Å². The lowest BCUT2D eigenvalue weighted by Crippen LogP contribution is -2.39. The van der Waals surface area contributed by atoms with Crippen LogP contribution in [0.1, 0.15) is 30.4 Å². The second-order valence-corrected chi connectivity index (χ2v) is 9.13. The molecule has 1 saturated heterocycles. The third-order valence-electron chi connectivity index (χ3n) is 6.75. The van der Waals surface area contributed by atoms with Crippen molar-refractivity contribution in [1.29, 1.82) is 5.26 Å². The van der Waals surface area contributed by atoms with E-state index < -0.39 is 0 Å². The molecule has 0 bridgehead atoms. The lowest BCUT2D eigenvalue weighted by Gasteiger charge is -2.25. The number of rotatable bonds is 10. The SMILES string of the molecule is COC(=O)C[C@@H]1C[C@@H](CNc2ccc(-c3ccc(C#N)cc3)cc2)N(CCCc2ccccc2)C1=O. The minimum absolute atomic E-state index is 0.0149. The summed E-state index contributed by atoms with van der Waals surface area (Å²) in [5, 5.41) is 12.5. The predicted octanol–water partition coefficient (Wildman–Crippen LogP) is 5.05. The highest BCUT2D eigenvalue weighted by Crippen LogP contribution is 2.29. The van der Waals surface area contributed by atoms with Gasteiger partial charge in [-0.05, 0) is 60.2 Å². The van der Waals surface area contributed by atoms with E-state index in [1.165, 1.54) is 12.7 Å². The Bertz CT molecular complexity index is 1200. The van der Waals surface area contributed by atoms with E-state index in [4.69, 9.17) is 10.00 Å². The first-order valence-electron chi connectivity index (χ1n) is 12.3. The van der Waals surface area contributed by atoms with Gasteiger partial charge in [-0.1, -0.05) is 54.6 Å². The third kappa shape index (κ3) is 6.31. The van der Waals surface area contributed by atoms with Crippen LogP contribution in [0.3, 0.4) is 0 Å². The molecule has 1 amide bonds. The molecule has 0 saturated carbocycles. The van der Waals surface area contributed by atoms with Crippen LogP contribution < -0.4 is 5.32 Å². The molecule has 36 heavy (non-hydrogen) atoms. The second-order valence-electron chi connectivity index (χ2n) is 9.13. The Balaban J connectivity index is 1.38. The first kappa shape index (κ1) is 25.0. The van der Waals surface area contributed by atoms with Crippen LogP contribution in [-0.2, 0) is 20.7 Å². The average Bonchev–Trinajstić information content (AvgIpc) is 3.22. The number of nitrogens with zero attached hydrogens (tertiary/aromatic N) is 2. The molecule has 0 aromatic heterocycles. The smallest absolute Gasteiger partial charge is 0.306 e. The van der Waals surface area contributed by atoms with E-state index in [0.717, 1.165) is 29.7 Å². The van der Waals surface area contributed by atoms with Crippen molar-refractivity contribution in [3.63, 3.8) is 0 Å². The van der Waals surface area contributed by atoms with Crippen LogP contribution in [0, 0.1) is 17.2 Å². The van der Waals surface area contributed by atoms with Crippen molar-refractivity contribution in [2.45, 2.75) is 31.7 Å². The maximum Gasteiger partial charge on any atom is 0.306 e. The largest absolute Gasteiger partial charge is 0.469 e. The van der Waals surface area contributed by atoms with Gasteiger partial charge in [0.15, 0.2) is 0 Å². The van der Waals surface area contributed by atoms with Crippen molar-refractivity contribution in [3.05, 3.63) is 90.0 Å². The molecule has 0 aliphatic carbocycles. The van der Waals surface area contributed by atoms with Crippen LogP contribution in [0.2, 0.25) is 0 Å². The summed E-state index contributed by atoms with van der Waals surface area (Å²) < 4.78 is 4.82. The topological polar surface area (TPSA) is 82.4 Å². The van der Waals surface area contributed by atoms with Gasteiger partial charge in [-0.2, -0.15) is 5.26 Å². The summed E-state index contributed by atoms with van der Waals surface area (Å²) in [5.74, 6) is -0.638. The van der Waals surface area contributed by atoms with Gasteiger partial charge in [-0.25, -0.2) is 0 Å². The number of ether oxygens (including phenoxy) is 1. The third-order valence-corrected chi connectivity index (χ3v) is 6.75. The molecular formula is C30H31N3O3. The normalized spacial score (nSPS) is 17.0. The van der Waals surface area contributed by atoms with Crippen LogP contribution in [0.4, 0.5) is 5.69 Å². The van der Waals surface area contributed by atoms with Gasteiger partial charge in [0, 0.05) is 24.8 Å². The van der Waals surface area contributed by atoms with E-state index in [0.29, 0.717) is 25.1 Å². The number of aryl methyl sites for hydroxylation is 1. The molecule has 1 aliphatic rings. The molecule has 1 fully saturated rings. The Labute approximate surface area is 212 Å². The Morgan fingerprint density at radius 1 is 1.03 bits per heavy atom. The van der Waals surface area contributed by atoms with Crippen LogP contribution in [0.25, 0.3) is 11.1 Å². The summed E-state index contributed by atoms with van der Waals surface area (Å²) in [6.45, 7) is 1.28. The molecule has 6 heteroatoms. The van der Waals surface area contributed by atoms with Crippen LogP contribution in [0.15, 0.2) is 78.9 Å². The highest BCUT2D eigenvalue weighted by atomic mass is 16.5. The number of anilines is 1. The number of esters is 1. The number of methoxy groups -OCH3 is 1. The van der Waals surface area contributed by atoms with Gasteiger partial charge in [0.25, 0.3) is 0 Å². The summed E-state index contributed by atoms with van der Waals surface area (Å²) >= 11 is 0. The maximum absolute atomic E-state index is 13.1. The van der Waals surface area contributed by atoms with Crippen molar-refractivity contribution in [1.82, 2.24) is 4.90 Å². The highest BCUT2D eigenvalue weighted by molar-refractivity contribution is 5.86. The molecule has 1 aliphatic heterocycles. The Morgan fingerprint density at radius 3 is 2.33 bits per heavy atom. The molecule has 184 valence electrons. The summed E-state index contributed by atoms with van der Waals surface area (Å²) in [6, 6.07) is 28.1. The molecule has 0 radical (unpaired) electrons. The first-order valence-corrected chi connectivity index (χ1v) is 12.3. The van der Waals surface area contributed by atoms with Gasteiger partial charge in [0.1, 0.15) is 0 Å². The van der Waals surface area contributed by atoms with Crippen LogP contribution >= 0.6 is 0 Å². The molecule has 4 rings (SSSR count). The zero-order chi connectivity index (χ0) is 25.3. The van der Waals surface area contributed by atoms with Gasteiger partial charge in [-0.15, -0.1) is 0 Å². The number of benzene rings is 3. The van der Waals surface area contributed by atoms with E-state index >= 15 is 0 Å². The van der Waals surface area contributed by atoms with Gasteiger partial charge in [-0.3, -0.25) is 9.59 Å². The van der Waals surface area contributed by atoms with Crippen LogP contribution in [-0.4, -0.2) is 43.0 Å². The molecule has 3 aromatic rings. The number of carbonyl (C=O) groups is 2. The fourth-order valence-corrected chi connectivity index (χ4v) is 4.76. The molecular weight excluding hydrogens is 450 g/mol. The van der Waals surface area contributed by atoms with Gasteiger partial charge in [0.2, 0.25) is 5.91 Å². The first-order chi connectivity index (χ1) is 17.6. The molecule has 1 N–H and O–H groups in total. The van der Waals surface area contributed by atoms with Gasteiger partial charge < -0.3 is 15.0 Å². The number of hydrogen-bond donors (Lipinski definition) is 1. The number of amides is 1. The molecule has 1 heterocycles. The number of nitriles is 1. The quantitative estimate of drug-likeness (QED) is 0.410. The average molecular weight is 482 g/mol. The van der Waals surface area contributed by atoms with E-state index in [2.05, 4.69) is 23.5 Å². The van der Waals surface area contributed by atoms with E-state index in [9.17, 15) is 9.59 Å². The fourth-order valence-electron chi connectivity index (χ4n) is 4.76. The predicted molar refractivity (Wildman–Crippen MR) is 140 cm³/mol. The molecule has 0 unspecified atom stereocenters. The molecule has 2 atom stereocenters. The lowest BCUT2D eigenvalue weighted by atomic mass is 10.0. The number of hydrogen-bond acceptors (Lipinski definition) is 5. The monoisotopic (exact) mass is 481 g/mol. The maximum atomic E-state index is 13.1. The summed E-state index contributed by atoms with van der Waals surface area (Å²) in [7, 11) is 1.36. The Hall–Kier alpha value is -4.11. The van der Waals surface area contributed by atoms with E-state index in [-0.39, 0.29) is 30.3 Å². The lowest BCUT2D eigenvalue weighted by molar-refractivity contribution is -0.144. The summed E-state index contributed by atoms with van der Waals surface area (Å²) in [5.41, 5.74) is 4.99. The zero-order valence-electron chi connectivity index (χ0n) is 20.5. The molecule has 0 spiro atoms. The Kier molecular flexibility index (Phi) is 8.36. The number of carbonyl (C=O) groups excluding carboxylic acids is 2. The summed E-state index contributed by atoms with van der Waals surface area (Å²) in [4.78, 5) is 26.9. The minimum Gasteiger partial charge on any atom is -0.469 e. The van der Waals surface area contributed by atoms with Gasteiger partial charge in [0.05, 0.1) is 31.1 Å². The molecule has 3 aromatic carbocycles. The number of nitrogens with one attached hydrogen (secondary N) is 1. The van der Waals surface area contributed by atoms with Crippen LogP contribution in [0.5, 0.6) is 0 Å². The van der Waals surface area contributed by atoms with Crippen molar-refractivity contribution in [2.75, 3.05) is 25.5 Å². The Morgan fingerprint density at radius 2 is 1.69 bits per heavy atom. The minimum atomic E-state index is -0.343. The standard InChI is InChI=1S/C30H31N3O3/c1-36-29(34)19-26-18-28(33(30(26)35)17-5-8-22-6-3-2-4-7-22)21-32-27-15-13-25(14-16-27)24-11-9-23(20-31)10-12-24/h2-4,6-7,9-16,26,28,32H,5,8,17-19,21H2,1H3/t26-,28-/m0/s1.